The van der Waals surface area contributed by atoms with Gasteiger partial charge in [0.25, 0.3) is 5.91 Å². The van der Waals surface area contributed by atoms with Gasteiger partial charge in [0.15, 0.2) is 0 Å². The number of carbonyl (C=O) groups is 4. The molecule has 0 aromatic heterocycles. The number of likely N-dealkylation sites (tertiary alicyclic amines) is 1. The third-order valence-corrected chi connectivity index (χ3v) is 10.9. The number of aliphatic imine (C=N–C) groups is 1. The van der Waals surface area contributed by atoms with Crippen LogP contribution in [0.4, 0.5) is 5.69 Å². The summed E-state index contributed by atoms with van der Waals surface area (Å²) in [4.78, 5) is 62.9. The maximum Gasteiger partial charge on any atom is 0.250 e. The lowest BCUT2D eigenvalue weighted by molar-refractivity contribution is -0.144. The second-order valence-corrected chi connectivity index (χ2v) is 14.2. The van der Waals surface area contributed by atoms with Gasteiger partial charge in [-0.3, -0.25) is 34.4 Å². The highest BCUT2D eigenvalue weighted by atomic mass is 16.2. The summed E-state index contributed by atoms with van der Waals surface area (Å²) in [5, 5.41) is 5.49. The largest absolute Gasteiger partial charge is 0.369 e. The van der Waals surface area contributed by atoms with E-state index in [1.807, 2.05) is 25.3 Å². The molecule has 4 amide bonds. The Morgan fingerprint density at radius 1 is 1.00 bits per heavy atom. The molecule has 3 aliphatic heterocycles. The third kappa shape index (κ3) is 9.59. The van der Waals surface area contributed by atoms with Crippen molar-refractivity contribution in [3.8, 4) is 0 Å². The molecule has 0 radical (unpaired) electrons. The number of likely N-dealkylation sites (N-methyl/N-ethyl adjacent to an activating group) is 1. The molecular formula is C38H55N7O4. The molecule has 2 N–H and O–H groups in total. The normalized spacial score (nSPS) is 21.9. The lowest BCUT2D eigenvalue weighted by Crippen LogP contribution is -2.53. The first-order chi connectivity index (χ1) is 23.6. The van der Waals surface area contributed by atoms with Crippen LogP contribution < -0.4 is 15.5 Å². The summed E-state index contributed by atoms with van der Waals surface area (Å²) in [7, 11) is 3.46. The number of hydrogen-bond donors (Lipinski definition) is 2. The van der Waals surface area contributed by atoms with E-state index in [0.29, 0.717) is 17.9 Å². The maximum atomic E-state index is 13.1. The number of hydrogen-bond acceptors (Lipinski definition) is 7. The standard InChI is InChI=1S/C38H55N7O4/c1-27(37(48)40-31-10-6-5-7-11-31)13-15-34(39-3)45-19-17-29(18-20-45)26-43-21-23-44(24-22-43)32-12-8-9-30(28(32)2)25-36(47)42(4)33-14-16-35(46)41-38(33)49/h8-9,12-13,15,29,31,33H,1,5-7,10-11,14,16-26H2,2-4H3,(H,40,48)(H,41,46,49)/b15-13-,39-34?. The topological polar surface area (TPSA) is 118 Å². The molecule has 11 nitrogen and oxygen atoms in total. The minimum Gasteiger partial charge on any atom is -0.369 e. The van der Waals surface area contributed by atoms with Crippen LogP contribution in [0.15, 0.2) is 47.5 Å². The molecule has 3 saturated heterocycles. The van der Waals surface area contributed by atoms with E-state index < -0.39 is 11.9 Å². The number of amides is 4. The average molecular weight is 674 g/mol. The van der Waals surface area contributed by atoms with Gasteiger partial charge in [0.2, 0.25) is 17.7 Å². The van der Waals surface area contributed by atoms with Crippen LogP contribution in [-0.4, -0.2) is 116 Å². The minimum atomic E-state index is -0.608. The Kier molecular flexibility index (Phi) is 12.7. The van der Waals surface area contributed by atoms with Gasteiger partial charge in [0, 0.05) is 83.6 Å². The number of nitrogens with zero attached hydrogens (tertiary/aromatic N) is 5. The predicted molar refractivity (Wildman–Crippen MR) is 193 cm³/mol. The van der Waals surface area contributed by atoms with Crippen molar-refractivity contribution in [1.82, 2.24) is 25.3 Å². The summed E-state index contributed by atoms with van der Waals surface area (Å²) in [6, 6.07) is 5.81. The summed E-state index contributed by atoms with van der Waals surface area (Å²) in [5.41, 5.74) is 3.71. The van der Waals surface area contributed by atoms with E-state index in [1.54, 1.807) is 13.1 Å². The number of nitrogens with one attached hydrogen (secondary N) is 2. The van der Waals surface area contributed by atoms with Crippen LogP contribution >= 0.6 is 0 Å². The van der Waals surface area contributed by atoms with Crippen LogP contribution in [0.5, 0.6) is 0 Å². The number of piperidine rings is 2. The Morgan fingerprint density at radius 2 is 1.71 bits per heavy atom. The predicted octanol–water partition coefficient (Wildman–Crippen LogP) is 3.22. The number of imide groups is 1. The van der Waals surface area contributed by atoms with E-state index in [1.165, 1.54) is 24.2 Å². The summed E-state index contributed by atoms with van der Waals surface area (Å²) in [6.45, 7) is 12.9. The monoisotopic (exact) mass is 673 g/mol. The Morgan fingerprint density at radius 3 is 2.39 bits per heavy atom. The van der Waals surface area contributed by atoms with Crippen LogP contribution in [0.3, 0.4) is 0 Å². The molecule has 1 aromatic carbocycles. The zero-order valence-corrected chi connectivity index (χ0v) is 29.7. The van der Waals surface area contributed by atoms with Crippen LogP contribution in [0.1, 0.15) is 68.9 Å². The van der Waals surface area contributed by atoms with Crippen molar-refractivity contribution in [2.75, 3.05) is 64.8 Å². The second-order valence-electron chi connectivity index (χ2n) is 14.2. The third-order valence-electron chi connectivity index (χ3n) is 10.9. The van der Waals surface area contributed by atoms with E-state index in [4.69, 9.17) is 0 Å². The van der Waals surface area contributed by atoms with Crippen molar-refractivity contribution in [1.29, 1.82) is 0 Å². The highest BCUT2D eigenvalue weighted by molar-refractivity contribution is 6.02. The second kappa shape index (κ2) is 17.1. The SMILES string of the molecule is C=C(/C=C\C(=NC)N1CCC(CN2CCN(c3cccc(CC(=O)N(C)C4CCC(=O)NC4=O)c3C)CC2)CC1)C(=O)NC1CCCCC1. The number of amidine groups is 1. The van der Waals surface area contributed by atoms with Crippen LogP contribution in [-0.2, 0) is 25.6 Å². The first kappa shape index (κ1) is 36.3. The Bertz CT molecular complexity index is 1430. The number of rotatable bonds is 10. The Balaban J connectivity index is 1.05. The van der Waals surface area contributed by atoms with Gasteiger partial charge >= 0.3 is 0 Å². The van der Waals surface area contributed by atoms with Gasteiger partial charge in [0.1, 0.15) is 11.9 Å². The van der Waals surface area contributed by atoms with Crippen molar-refractivity contribution < 1.29 is 19.2 Å². The van der Waals surface area contributed by atoms with Crippen molar-refractivity contribution in [3.05, 3.63) is 53.6 Å². The molecular weight excluding hydrogens is 618 g/mol. The number of benzene rings is 1. The molecule has 1 atom stereocenters. The first-order valence-corrected chi connectivity index (χ1v) is 18.2. The fraction of sp³-hybridized carbons (Fsp3) is 0.605. The first-order valence-electron chi connectivity index (χ1n) is 18.2. The molecule has 1 saturated carbocycles. The smallest absolute Gasteiger partial charge is 0.250 e. The lowest BCUT2D eigenvalue weighted by Gasteiger charge is -2.40. The average Bonchev–Trinajstić information content (AvgIpc) is 3.10. The molecule has 3 heterocycles. The Labute approximate surface area is 291 Å². The van der Waals surface area contributed by atoms with Crippen LogP contribution in [0, 0.1) is 12.8 Å². The lowest BCUT2D eigenvalue weighted by atomic mass is 9.95. The van der Waals surface area contributed by atoms with Gasteiger partial charge in [-0.1, -0.05) is 38.0 Å². The highest BCUT2D eigenvalue weighted by Crippen LogP contribution is 2.27. The van der Waals surface area contributed by atoms with Gasteiger partial charge in [-0.05, 0) is 74.3 Å². The molecule has 49 heavy (non-hydrogen) atoms. The summed E-state index contributed by atoms with van der Waals surface area (Å²) >= 11 is 0. The number of carbonyl (C=O) groups excluding carboxylic acids is 4. The van der Waals surface area contributed by atoms with E-state index >= 15 is 0 Å². The quantitative estimate of drug-likeness (QED) is 0.129. The highest BCUT2D eigenvalue weighted by Gasteiger charge is 2.32. The molecule has 1 aromatic rings. The minimum absolute atomic E-state index is 0.0785. The van der Waals surface area contributed by atoms with E-state index in [9.17, 15) is 19.2 Å². The summed E-state index contributed by atoms with van der Waals surface area (Å²) in [5.74, 6) is 0.661. The van der Waals surface area contributed by atoms with E-state index in [0.717, 1.165) is 94.1 Å². The molecule has 4 aliphatic rings. The van der Waals surface area contributed by atoms with E-state index in [-0.39, 0.29) is 36.6 Å². The van der Waals surface area contributed by atoms with Crippen molar-refractivity contribution >= 4 is 35.2 Å². The molecule has 1 unspecified atom stereocenters. The molecule has 0 spiro atoms. The number of anilines is 1. The maximum absolute atomic E-state index is 13.1. The van der Waals surface area contributed by atoms with Gasteiger partial charge in [0.05, 0.1) is 6.42 Å². The molecule has 11 heteroatoms. The zero-order valence-electron chi connectivity index (χ0n) is 29.7. The number of piperazine rings is 1. The van der Waals surface area contributed by atoms with Gasteiger partial charge < -0.3 is 20.0 Å². The molecule has 0 bridgehead atoms. The molecule has 266 valence electrons. The Hall–Kier alpha value is -3.99. The van der Waals surface area contributed by atoms with Crippen LogP contribution in [0.25, 0.3) is 0 Å². The summed E-state index contributed by atoms with van der Waals surface area (Å²) in [6.07, 6.45) is 12.5. The van der Waals surface area contributed by atoms with Crippen molar-refractivity contribution in [2.45, 2.75) is 83.2 Å². The molecule has 4 fully saturated rings. The van der Waals surface area contributed by atoms with Gasteiger partial charge in [-0.2, -0.15) is 0 Å². The van der Waals surface area contributed by atoms with Crippen molar-refractivity contribution in [3.63, 3.8) is 0 Å². The van der Waals surface area contributed by atoms with Gasteiger partial charge in [-0.25, -0.2) is 0 Å². The summed E-state index contributed by atoms with van der Waals surface area (Å²) < 4.78 is 0. The fourth-order valence-electron chi connectivity index (χ4n) is 7.70. The molecule has 5 rings (SSSR count). The van der Waals surface area contributed by atoms with Gasteiger partial charge in [-0.15, -0.1) is 0 Å². The molecule has 1 aliphatic carbocycles. The zero-order chi connectivity index (χ0) is 34.9. The fourth-order valence-corrected chi connectivity index (χ4v) is 7.70. The van der Waals surface area contributed by atoms with Crippen LogP contribution in [0.2, 0.25) is 0 Å². The van der Waals surface area contributed by atoms with Crippen molar-refractivity contribution in [2.24, 2.45) is 10.9 Å². The van der Waals surface area contributed by atoms with E-state index in [2.05, 4.69) is 49.9 Å².